The van der Waals surface area contributed by atoms with Crippen molar-refractivity contribution >= 4 is 15.9 Å². The number of amides is 1. The van der Waals surface area contributed by atoms with Gasteiger partial charge in [0.25, 0.3) is 10.0 Å². The Bertz CT molecular complexity index is 1140. The fourth-order valence-corrected chi connectivity index (χ4v) is 6.60. The molecule has 3 aliphatic heterocycles. The van der Waals surface area contributed by atoms with Crippen LogP contribution in [0.3, 0.4) is 0 Å². The van der Waals surface area contributed by atoms with Crippen LogP contribution in [0.1, 0.15) is 29.8 Å². The summed E-state index contributed by atoms with van der Waals surface area (Å²) in [4.78, 5) is 21.7. The van der Waals surface area contributed by atoms with Crippen LogP contribution in [0.5, 0.6) is 5.75 Å². The Labute approximate surface area is 201 Å². The maximum Gasteiger partial charge on any atom is 0.262 e. The maximum atomic E-state index is 13.1. The number of piperazine rings is 1. The van der Waals surface area contributed by atoms with Crippen molar-refractivity contribution in [1.29, 1.82) is 0 Å². The average molecular weight is 488 g/mol. The Kier molecular flexibility index (Phi) is 6.39. The third-order valence-electron chi connectivity index (χ3n) is 7.34. The highest BCUT2D eigenvalue weighted by molar-refractivity contribution is 7.89. The lowest BCUT2D eigenvalue weighted by atomic mass is 9.96. The number of aromatic nitrogens is 2. The molecule has 2 saturated heterocycles. The van der Waals surface area contributed by atoms with E-state index in [0.29, 0.717) is 31.8 Å². The number of rotatable bonds is 5. The van der Waals surface area contributed by atoms with Gasteiger partial charge >= 0.3 is 0 Å². The van der Waals surface area contributed by atoms with E-state index in [-0.39, 0.29) is 16.9 Å². The molecule has 1 amide bonds. The fraction of sp³-hybridized carbons (Fsp3) is 0.583. The second-order valence-corrected chi connectivity index (χ2v) is 11.4. The Balaban J connectivity index is 1.11. The van der Waals surface area contributed by atoms with Gasteiger partial charge in [-0.15, -0.1) is 0 Å². The Morgan fingerprint density at radius 3 is 2.53 bits per heavy atom. The minimum atomic E-state index is -3.62. The van der Waals surface area contributed by atoms with Gasteiger partial charge in [-0.2, -0.15) is 4.31 Å². The summed E-state index contributed by atoms with van der Waals surface area (Å²) in [5.74, 6) is 1.72. The first-order valence-electron chi connectivity index (χ1n) is 12.1. The monoisotopic (exact) mass is 487 g/mol. The summed E-state index contributed by atoms with van der Waals surface area (Å²) < 4.78 is 34.6. The molecule has 0 aliphatic carbocycles. The molecule has 0 bridgehead atoms. The molecule has 0 unspecified atom stereocenters. The third kappa shape index (κ3) is 4.58. The first-order chi connectivity index (χ1) is 16.3. The van der Waals surface area contributed by atoms with Crippen molar-refractivity contribution in [3.8, 4) is 5.75 Å². The minimum absolute atomic E-state index is 0.0873. The lowest BCUT2D eigenvalue weighted by Gasteiger charge is -2.38. The number of sulfonamides is 1. The second kappa shape index (κ2) is 9.31. The third-order valence-corrected chi connectivity index (χ3v) is 9.11. The molecular weight excluding hydrogens is 454 g/mol. The first kappa shape index (κ1) is 23.3. The molecule has 3 aliphatic rings. The van der Waals surface area contributed by atoms with Gasteiger partial charge < -0.3 is 14.2 Å². The molecule has 1 aromatic heterocycles. The average Bonchev–Trinajstić information content (AvgIpc) is 3.45. The summed E-state index contributed by atoms with van der Waals surface area (Å²) in [6, 6.07) is 6.45. The number of carbonyl (C=O) groups is 1. The topological polar surface area (TPSA) is 88.0 Å². The summed E-state index contributed by atoms with van der Waals surface area (Å²) in [5, 5.41) is 0.0873. The highest BCUT2D eigenvalue weighted by Crippen LogP contribution is 2.27. The van der Waals surface area contributed by atoms with Crippen molar-refractivity contribution in [3.05, 3.63) is 41.3 Å². The van der Waals surface area contributed by atoms with Crippen molar-refractivity contribution < 1.29 is 17.9 Å². The van der Waals surface area contributed by atoms with E-state index in [1.165, 1.54) is 15.4 Å². The molecule has 0 radical (unpaired) electrons. The molecule has 9 nitrogen and oxygen atoms in total. The smallest absolute Gasteiger partial charge is 0.262 e. The summed E-state index contributed by atoms with van der Waals surface area (Å²) in [6.45, 7) is 7.30. The molecule has 0 N–H and O–H groups in total. The molecule has 34 heavy (non-hydrogen) atoms. The standard InChI is InChI=1S/C24H33N5O4S/c1-18-25-23(17-26(18)2)34(31,32)29-8-5-20(6-9-29)24(30)28-12-10-27(11-13-28)16-19-3-4-22-21(15-19)7-14-33-22/h3-4,15,17,20H,5-14,16H2,1-2H3. The van der Waals surface area contributed by atoms with Gasteiger partial charge in [0.1, 0.15) is 11.6 Å². The number of hydrogen-bond acceptors (Lipinski definition) is 6. The van der Waals surface area contributed by atoms with E-state index in [1.54, 1.807) is 24.7 Å². The molecule has 184 valence electrons. The molecule has 1 aromatic carbocycles. The molecule has 0 saturated carbocycles. The second-order valence-electron chi connectivity index (χ2n) is 9.56. The minimum Gasteiger partial charge on any atom is -0.493 e. The summed E-state index contributed by atoms with van der Waals surface area (Å²) >= 11 is 0. The van der Waals surface area contributed by atoms with Crippen LogP contribution in [-0.4, -0.2) is 83.9 Å². The Morgan fingerprint density at radius 2 is 1.85 bits per heavy atom. The number of nitrogens with zero attached hydrogens (tertiary/aromatic N) is 5. The van der Waals surface area contributed by atoms with Gasteiger partial charge in [0, 0.05) is 71.4 Å². The van der Waals surface area contributed by atoms with Crippen LogP contribution >= 0.6 is 0 Å². The first-order valence-corrected chi connectivity index (χ1v) is 13.5. The van der Waals surface area contributed by atoms with Gasteiger partial charge in [-0.05, 0) is 37.0 Å². The van der Waals surface area contributed by atoms with E-state index in [9.17, 15) is 13.2 Å². The molecule has 0 atom stereocenters. The molecule has 0 spiro atoms. The van der Waals surface area contributed by atoms with Crippen LogP contribution in [0.15, 0.2) is 29.4 Å². The van der Waals surface area contributed by atoms with Crippen molar-refractivity contribution in [2.24, 2.45) is 13.0 Å². The number of aryl methyl sites for hydroxylation is 2. The van der Waals surface area contributed by atoms with Crippen LogP contribution in [0, 0.1) is 12.8 Å². The fourth-order valence-electron chi connectivity index (χ4n) is 5.11. The van der Waals surface area contributed by atoms with Crippen molar-refractivity contribution in [2.75, 3.05) is 45.9 Å². The van der Waals surface area contributed by atoms with Crippen LogP contribution < -0.4 is 4.74 Å². The van der Waals surface area contributed by atoms with Gasteiger partial charge in [-0.1, -0.05) is 12.1 Å². The number of ether oxygens (including phenoxy) is 1. The lowest BCUT2D eigenvalue weighted by Crippen LogP contribution is -2.51. The summed E-state index contributed by atoms with van der Waals surface area (Å²) in [5.41, 5.74) is 2.58. The zero-order valence-electron chi connectivity index (χ0n) is 19.9. The molecule has 4 heterocycles. The summed E-state index contributed by atoms with van der Waals surface area (Å²) in [6.07, 6.45) is 3.65. The Morgan fingerprint density at radius 1 is 1.12 bits per heavy atom. The van der Waals surface area contributed by atoms with Crippen LogP contribution in [-0.2, 0) is 34.8 Å². The number of hydrogen-bond donors (Lipinski definition) is 0. The number of fused-ring (bicyclic) bond motifs is 1. The Hall–Kier alpha value is -2.43. The van der Waals surface area contributed by atoms with Gasteiger partial charge in [-0.25, -0.2) is 13.4 Å². The van der Waals surface area contributed by atoms with E-state index >= 15 is 0 Å². The van der Waals surface area contributed by atoms with E-state index in [0.717, 1.165) is 51.5 Å². The van der Waals surface area contributed by atoms with E-state index in [1.807, 2.05) is 4.90 Å². The zero-order chi connectivity index (χ0) is 23.9. The number of benzene rings is 1. The van der Waals surface area contributed by atoms with Crippen molar-refractivity contribution in [2.45, 2.75) is 37.8 Å². The molecule has 5 rings (SSSR count). The van der Waals surface area contributed by atoms with Crippen LogP contribution in [0.2, 0.25) is 0 Å². The molecule has 2 fully saturated rings. The number of imidazole rings is 1. The normalized spacial score (nSPS) is 20.4. The van der Waals surface area contributed by atoms with Gasteiger partial charge in [0.2, 0.25) is 5.91 Å². The lowest BCUT2D eigenvalue weighted by molar-refractivity contribution is -0.138. The largest absolute Gasteiger partial charge is 0.493 e. The predicted molar refractivity (Wildman–Crippen MR) is 127 cm³/mol. The van der Waals surface area contributed by atoms with Crippen molar-refractivity contribution in [3.63, 3.8) is 0 Å². The number of piperidine rings is 1. The van der Waals surface area contributed by atoms with E-state index < -0.39 is 10.0 Å². The molecule has 2 aromatic rings. The molecule has 10 heteroatoms. The highest BCUT2D eigenvalue weighted by Gasteiger charge is 2.35. The van der Waals surface area contributed by atoms with Gasteiger partial charge in [0.05, 0.1) is 6.61 Å². The maximum absolute atomic E-state index is 13.1. The van der Waals surface area contributed by atoms with Gasteiger partial charge in [-0.3, -0.25) is 9.69 Å². The van der Waals surface area contributed by atoms with Gasteiger partial charge in [0.15, 0.2) is 5.03 Å². The zero-order valence-corrected chi connectivity index (χ0v) is 20.8. The molecular formula is C24H33N5O4S. The van der Waals surface area contributed by atoms with E-state index in [4.69, 9.17) is 4.74 Å². The quantitative estimate of drug-likeness (QED) is 0.634. The summed E-state index contributed by atoms with van der Waals surface area (Å²) in [7, 11) is -1.83. The SMILES string of the molecule is Cc1nc(S(=O)(=O)N2CCC(C(=O)N3CCN(Cc4ccc5c(c4)CCO5)CC3)CC2)cn1C. The van der Waals surface area contributed by atoms with Crippen LogP contribution in [0.25, 0.3) is 0 Å². The number of carbonyl (C=O) groups excluding carboxylic acids is 1. The van der Waals surface area contributed by atoms with Crippen molar-refractivity contribution in [1.82, 2.24) is 23.7 Å². The highest BCUT2D eigenvalue weighted by atomic mass is 32.2. The van der Waals surface area contributed by atoms with Crippen LogP contribution in [0.4, 0.5) is 0 Å². The van der Waals surface area contributed by atoms with E-state index in [2.05, 4.69) is 28.1 Å². The predicted octanol–water partition coefficient (Wildman–Crippen LogP) is 1.41.